The first kappa shape index (κ1) is 13.9. The Morgan fingerprint density at radius 3 is 2.33 bits per heavy atom. The summed E-state index contributed by atoms with van der Waals surface area (Å²) in [5.74, 6) is 4.00. The van der Waals surface area contributed by atoms with E-state index in [4.69, 9.17) is 17.3 Å². The number of nitrogens with zero attached hydrogens (tertiary/aromatic N) is 2. The van der Waals surface area contributed by atoms with E-state index in [0.717, 1.165) is 41.9 Å². The molecule has 5 heteroatoms. The summed E-state index contributed by atoms with van der Waals surface area (Å²) in [6.45, 7) is 1.16. The number of aromatic nitrogens is 3. The Labute approximate surface area is 131 Å². The van der Waals surface area contributed by atoms with Crippen LogP contribution >= 0.6 is 12.2 Å². The molecule has 116 valence electrons. The van der Waals surface area contributed by atoms with Gasteiger partial charge in [-0.2, -0.15) is 5.10 Å². The molecular formula is C16H25N3OS. The molecule has 4 nitrogen and oxygen atoms in total. The maximum absolute atomic E-state index is 9.00. The van der Waals surface area contributed by atoms with Crippen molar-refractivity contribution in [2.75, 3.05) is 6.61 Å². The lowest BCUT2D eigenvalue weighted by Crippen LogP contribution is -2.49. The summed E-state index contributed by atoms with van der Waals surface area (Å²) in [4.78, 5) is 0. The lowest BCUT2D eigenvalue weighted by Gasteiger charge is -2.56. The van der Waals surface area contributed by atoms with Gasteiger partial charge in [0.2, 0.25) is 0 Å². The molecule has 4 saturated carbocycles. The molecule has 1 aromatic heterocycles. The van der Waals surface area contributed by atoms with Crippen molar-refractivity contribution in [2.45, 2.75) is 63.3 Å². The topological polar surface area (TPSA) is 53.8 Å². The monoisotopic (exact) mass is 307 g/mol. The molecule has 1 heterocycles. The third-order valence-corrected chi connectivity index (χ3v) is 6.37. The lowest BCUT2D eigenvalue weighted by molar-refractivity contribution is -0.0112. The van der Waals surface area contributed by atoms with Gasteiger partial charge in [0.1, 0.15) is 5.82 Å². The summed E-state index contributed by atoms with van der Waals surface area (Å²) >= 11 is 5.46. The van der Waals surface area contributed by atoms with E-state index in [1.165, 1.54) is 44.3 Å². The highest BCUT2D eigenvalue weighted by atomic mass is 32.1. The summed E-state index contributed by atoms with van der Waals surface area (Å²) in [6.07, 6.45) is 10.1. The van der Waals surface area contributed by atoms with Crippen molar-refractivity contribution >= 4 is 12.2 Å². The molecule has 4 aliphatic carbocycles. The van der Waals surface area contributed by atoms with Gasteiger partial charge in [-0.25, -0.2) is 0 Å². The Bertz CT molecular complexity index is 541. The second kappa shape index (κ2) is 5.20. The summed E-state index contributed by atoms with van der Waals surface area (Å²) in [6, 6.07) is 0. The summed E-state index contributed by atoms with van der Waals surface area (Å²) in [5.41, 5.74) is 0.293. The van der Waals surface area contributed by atoms with Crippen LogP contribution in [0.2, 0.25) is 0 Å². The van der Waals surface area contributed by atoms with Gasteiger partial charge in [-0.1, -0.05) is 0 Å². The number of hydrogen-bond acceptors (Lipinski definition) is 3. The number of rotatable bonds is 5. The van der Waals surface area contributed by atoms with E-state index in [1.54, 1.807) is 0 Å². The van der Waals surface area contributed by atoms with Crippen LogP contribution < -0.4 is 0 Å². The van der Waals surface area contributed by atoms with Gasteiger partial charge in [0.25, 0.3) is 0 Å². The van der Waals surface area contributed by atoms with Crippen LogP contribution in [0.5, 0.6) is 0 Å². The van der Waals surface area contributed by atoms with E-state index in [0.29, 0.717) is 5.41 Å². The highest BCUT2D eigenvalue weighted by Crippen LogP contribution is 2.60. The fraction of sp³-hybridized carbons (Fsp3) is 0.875. The van der Waals surface area contributed by atoms with Crippen LogP contribution in [0.3, 0.4) is 0 Å². The van der Waals surface area contributed by atoms with Crippen LogP contribution in [0.25, 0.3) is 0 Å². The quantitative estimate of drug-likeness (QED) is 0.649. The van der Waals surface area contributed by atoms with Gasteiger partial charge in [-0.3, -0.25) is 5.10 Å². The molecule has 0 aliphatic heterocycles. The minimum atomic E-state index is 0.262. The molecule has 21 heavy (non-hydrogen) atoms. The number of unbranched alkanes of at least 4 members (excludes halogenated alkanes) is 1. The maximum Gasteiger partial charge on any atom is 0.195 e. The smallest absolute Gasteiger partial charge is 0.195 e. The summed E-state index contributed by atoms with van der Waals surface area (Å²) in [7, 11) is 0. The minimum Gasteiger partial charge on any atom is -0.396 e. The van der Waals surface area contributed by atoms with Gasteiger partial charge in [-0.15, -0.1) is 0 Å². The molecule has 0 amide bonds. The number of aromatic amines is 1. The van der Waals surface area contributed by atoms with E-state index >= 15 is 0 Å². The summed E-state index contributed by atoms with van der Waals surface area (Å²) < 4.78 is 3.00. The van der Waals surface area contributed by atoms with Crippen LogP contribution in [0, 0.1) is 22.5 Å². The zero-order chi connectivity index (χ0) is 14.4. The van der Waals surface area contributed by atoms with E-state index in [9.17, 15) is 0 Å². The van der Waals surface area contributed by atoms with Gasteiger partial charge >= 0.3 is 0 Å². The average molecular weight is 307 g/mol. The molecule has 4 fully saturated rings. The van der Waals surface area contributed by atoms with Gasteiger partial charge in [0.05, 0.1) is 0 Å². The van der Waals surface area contributed by atoms with Crippen molar-refractivity contribution in [1.82, 2.24) is 14.8 Å². The van der Waals surface area contributed by atoms with Crippen LogP contribution in [0.15, 0.2) is 0 Å². The fourth-order valence-electron chi connectivity index (χ4n) is 5.70. The first-order valence-electron chi connectivity index (χ1n) is 8.47. The molecule has 0 atom stereocenters. The maximum atomic E-state index is 9.00. The Balaban J connectivity index is 1.65. The van der Waals surface area contributed by atoms with Crippen LogP contribution in [0.4, 0.5) is 0 Å². The molecule has 4 bridgehead atoms. The largest absolute Gasteiger partial charge is 0.396 e. The number of nitrogens with one attached hydrogen (secondary N) is 1. The second-order valence-electron chi connectivity index (χ2n) is 7.63. The molecule has 0 unspecified atom stereocenters. The number of aliphatic hydroxyl groups is 1. The van der Waals surface area contributed by atoms with Crippen molar-refractivity contribution < 1.29 is 5.11 Å². The van der Waals surface area contributed by atoms with Gasteiger partial charge in [-0.05, 0) is 81.3 Å². The Kier molecular flexibility index (Phi) is 3.45. The van der Waals surface area contributed by atoms with Gasteiger partial charge < -0.3 is 9.67 Å². The molecule has 5 rings (SSSR count). The van der Waals surface area contributed by atoms with Crippen LogP contribution in [0.1, 0.15) is 57.2 Å². The average Bonchev–Trinajstić information content (AvgIpc) is 2.80. The van der Waals surface area contributed by atoms with Crippen molar-refractivity contribution in [3.05, 3.63) is 10.6 Å². The Hall–Kier alpha value is -0.680. The van der Waals surface area contributed by atoms with Crippen molar-refractivity contribution in [3.8, 4) is 0 Å². The molecule has 0 spiro atoms. The lowest BCUT2D eigenvalue weighted by atomic mass is 9.49. The molecule has 4 aliphatic rings. The van der Waals surface area contributed by atoms with Crippen molar-refractivity contribution in [2.24, 2.45) is 17.8 Å². The van der Waals surface area contributed by atoms with E-state index in [1.807, 2.05) is 0 Å². The highest BCUT2D eigenvalue weighted by Gasteiger charge is 2.53. The SMILES string of the molecule is OCCCCn1c(C23CC4CC(CC(C4)C2)C3)n[nH]c1=S. The second-order valence-corrected chi connectivity index (χ2v) is 8.02. The normalized spacial score (nSPS) is 37.3. The Morgan fingerprint density at radius 2 is 1.76 bits per heavy atom. The number of aliphatic hydroxyl groups excluding tert-OH is 1. The fourth-order valence-corrected chi connectivity index (χ4v) is 5.92. The van der Waals surface area contributed by atoms with Gasteiger partial charge in [0, 0.05) is 18.6 Å². The predicted molar refractivity (Wildman–Crippen MR) is 83.6 cm³/mol. The Morgan fingerprint density at radius 1 is 1.14 bits per heavy atom. The van der Waals surface area contributed by atoms with Crippen molar-refractivity contribution in [1.29, 1.82) is 0 Å². The zero-order valence-corrected chi connectivity index (χ0v) is 13.4. The minimum absolute atomic E-state index is 0.262. The molecule has 1 aromatic rings. The van der Waals surface area contributed by atoms with Crippen LogP contribution in [-0.4, -0.2) is 26.5 Å². The molecule has 2 N–H and O–H groups in total. The molecule has 0 saturated heterocycles. The zero-order valence-electron chi connectivity index (χ0n) is 12.6. The van der Waals surface area contributed by atoms with E-state index in [2.05, 4.69) is 14.8 Å². The van der Waals surface area contributed by atoms with E-state index in [-0.39, 0.29) is 6.61 Å². The van der Waals surface area contributed by atoms with Crippen molar-refractivity contribution in [3.63, 3.8) is 0 Å². The number of H-pyrrole nitrogens is 1. The van der Waals surface area contributed by atoms with Crippen LogP contribution in [-0.2, 0) is 12.0 Å². The third-order valence-electron chi connectivity index (χ3n) is 6.06. The number of hydrogen-bond donors (Lipinski definition) is 2. The molecule has 0 radical (unpaired) electrons. The first-order valence-corrected chi connectivity index (χ1v) is 8.87. The van der Waals surface area contributed by atoms with Gasteiger partial charge in [0.15, 0.2) is 4.77 Å². The molecular weight excluding hydrogens is 282 g/mol. The highest BCUT2D eigenvalue weighted by molar-refractivity contribution is 7.71. The van der Waals surface area contributed by atoms with E-state index < -0.39 is 0 Å². The molecule has 0 aromatic carbocycles. The third kappa shape index (κ3) is 2.29. The first-order chi connectivity index (χ1) is 10.2. The predicted octanol–water partition coefficient (Wildman–Crippen LogP) is 3.18. The standard InChI is InChI=1S/C16H25N3OS/c20-4-2-1-3-19-14(17-18-15(19)21)16-8-11-5-12(9-16)7-13(6-11)10-16/h11-13,20H,1-10H2,(H,18,21). The summed E-state index contributed by atoms with van der Waals surface area (Å²) in [5, 5.41) is 16.7.